The fourth-order valence-corrected chi connectivity index (χ4v) is 0.915. The van der Waals surface area contributed by atoms with Crippen LogP contribution in [0.25, 0.3) is 0 Å². The van der Waals surface area contributed by atoms with Gasteiger partial charge in [0, 0.05) is 0 Å². The zero-order valence-electron chi connectivity index (χ0n) is 9.86. The van der Waals surface area contributed by atoms with Crippen molar-refractivity contribution in [1.82, 2.24) is 0 Å². The summed E-state index contributed by atoms with van der Waals surface area (Å²) in [7, 11) is 0. The van der Waals surface area contributed by atoms with Gasteiger partial charge in [-0.15, -0.1) is 0 Å². The maximum atomic E-state index is 12.8. The van der Waals surface area contributed by atoms with E-state index >= 15 is 0 Å². The first-order valence-electron chi connectivity index (χ1n) is 5.26. The van der Waals surface area contributed by atoms with Gasteiger partial charge in [-0.3, -0.25) is 4.79 Å². The number of rotatable bonds is 7. The minimum absolute atomic E-state index is 0.391. The summed E-state index contributed by atoms with van der Waals surface area (Å²) >= 11 is 0. The van der Waals surface area contributed by atoms with Gasteiger partial charge < -0.3 is 4.74 Å². The van der Waals surface area contributed by atoms with Gasteiger partial charge in [-0.25, -0.2) is 8.78 Å². The van der Waals surface area contributed by atoms with Crippen LogP contribution in [0.15, 0.2) is 0 Å². The predicted octanol–water partition coefficient (Wildman–Crippen LogP) is 3.50. The van der Waals surface area contributed by atoms with Gasteiger partial charge >= 0.3 is 24.2 Å². The molecule has 0 saturated carbocycles. The highest BCUT2D eigenvalue weighted by Gasteiger charge is 2.62. The summed E-state index contributed by atoms with van der Waals surface area (Å²) in [4.78, 5) is 11.0. The number of alkyl halides is 6. The molecule has 8 heteroatoms. The van der Waals surface area contributed by atoms with E-state index in [-0.39, 0.29) is 0 Å². The van der Waals surface area contributed by atoms with Crippen LogP contribution in [-0.2, 0) is 9.53 Å². The number of carbonyl (C=O) groups is 1. The molecule has 0 heterocycles. The van der Waals surface area contributed by atoms with Crippen molar-refractivity contribution in [2.24, 2.45) is 5.92 Å². The Morgan fingerprint density at radius 3 is 2.11 bits per heavy atom. The molecule has 0 saturated heterocycles. The van der Waals surface area contributed by atoms with Crippen LogP contribution in [0, 0.1) is 5.92 Å². The summed E-state index contributed by atoms with van der Waals surface area (Å²) in [6.07, 6.45) is -5.73. The first-order chi connectivity index (χ1) is 8.06. The molecule has 0 aliphatic rings. The zero-order chi connectivity index (χ0) is 14.6. The SMILES string of the molecule is CCC(C)C(=O)OCCC(F)(F)C(F)(F)C(F)F. The van der Waals surface area contributed by atoms with E-state index in [0.29, 0.717) is 6.42 Å². The Bertz CT molecular complexity index is 280. The van der Waals surface area contributed by atoms with Gasteiger partial charge in [0.05, 0.1) is 18.9 Å². The molecule has 0 aliphatic carbocycles. The van der Waals surface area contributed by atoms with Crippen molar-refractivity contribution in [3.8, 4) is 0 Å². The van der Waals surface area contributed by atoms with Gasteiger partial charge in [0.15, 0.2) is 0 Å². The Kier molecular flexibility index (Phi) is 5.95. The molecule has 1 unspecified atom stereocenters. The number of ether oxygens (including phenoxy) is 1. The molecule has 0 spiro atoms. The molecule has 0 N–H and O–H groups in total. The second-order valence-electron chi connectivity index (χ2n) is 3.85. The van der Waals surface area contributed by atoms with Crippen molar-refractivity contribution in [3.05, 3.63) is 0 Å². The highest BCUT2D eigenvalue weighted by molar-refractivity contribution is 5.71. The smallest absolute Gasteiger partial charge is 0.369 e. The number of hydrogen-bond donors (Lipinski definition) is 0. The third kappa shape index (κ3) is 4.06. The summed E-state index contributed by atoms with van der Waals surface area (Å²) in [5.41, 5.74) is 0. The molecule has 0 fully saturated rings. The van der Waals surface area contributed by atoms with E-state index in [0.717, 1.165) is 0 Å². The van der Waals surface area contributed by atoms with Crippen molar-refractivity contribution in [3.63, 3.8) is 0 Å². The molecule has 108 valence electrons. The molecule has 0 aromatic rings. The van der Waals surface area contributed by atoms with E-state index in [1.807, 2.05) is 0 Å². The number of halogens is 6. The van der Waals surface area contributed by atoms with E-state index in [4.69, 9.17) is 0 Å². The molecule has 0 rings (SSSR count). The summed E-state index contributed by atoms with van der Waals surface area (Å²) in [6, 6.07) is 0. The Hall–Kier alpha value is -0.950. The molecule has 0 aliphatic heterocycles. The van der Waals surface area contributed by atoms with Crippen LogP contribution in [0.1, 0.15) is 26.7 Å². The third-order valence-corrected chi connectivity index (χ3v) is 2.44. The Morgan fingerprint density at radius 1 is 1.22 bits per heavy atom. The monoisotopic (exact) mass is 280 g/mol. The molecule has 18 heavy (non-hydrogen) atoms. The second-order valence-corrected chi connectivity index (χ2v) is 3.85. The van der Waals surface area contributed by atoms with Crippen molar-refractivity contribution >= 4 is 5.97 Å². The van der Waals surface area contributed by atoms with Crippen LogP contribution in [0.5, 0.6) is 0 Å². The minimum Gasteiger partial charge on any atom is -0.465 e. The first-order valence-corrected chi connectivity index (χ1v) is 5.26. The fourth-order valence-electron chi connectivity index (χ4n) is 0.915. The zero-order valence-corrected chi connectivity index (χ0v) is 9.86. The molecule has 0 aromatic heterocycles. The van der Waals surface area contributed by atoms with Gasteiger partial charge in [0.1, 0.15) is 0 Å². The quantitative estimate of drug-likeness (QED) is 0.527. The van der Waals surface area contributed by atoms with Crippen LogP contribution >= 0.6 is 0 Å². The van der Waals surface area contributed by atoms with Gasteiger partial charge in [0.2, 0.25) is 0 Å². The average Bonchev–Trinajstić information content (AvgIpc) is 2.26. The topological polar surface area (TPSA) is 26.3 Å². The molecule has 0 bridgehead atoms. The van der Waals surface area contributed by atoms with E-state index in [9.17, 15) is 31.1 Å². The van der Waals surface area contributed by atoms with E-state index in [2.05, 4.69) is 4.74 Å². The summed E-state index contributed by atoms with van der Waals surface area (Å²) in [5, 5.41) is 0. The number of carbonyl (C=O) groups excluding carboxylic acids is 1. The Balaban J connectivity index is 4.33. The van der Waals surface area contributed by atoms with E-state index < -0.39 is 43.2 Å². The molecular weight excluding hydrogens is 266 g/mol. The van der Waals surface area contributed by atoms with Crippen molar-refractivity contribution in [2.45, 2.75) is 45.0 Å². The predicted molar refractivity (Wildman–Crippen MR) is 50.9 cm³/mol. The first kappa shape index (κ1) is 17.1. The fraction of sp³-hybridized carbons (Fsp3) is 0.900. The Morgan fingerprint density at radius 2 is 1.72 bits per heavy atom. The lowest BCUT2D eigenvalue weighted by molar-refractivity contribution is -0.268. The largest absolute Gasteiger partial charge is 0.465 e. The molecule has 0 amide bonds. The van der Waals surface area contributed by atoms with Gasteiger partial charge in [-0.05, 0) is 6.42 Å². The molecular formula is C10H14F6O2. The van der Waals surface area contributed by atoms with E-state index in [1.165, 1.54) is 6.92 Å². The maximum Gasteiger partial charge on any atom is 0.369 e. The Labute approximate surface area is 100 Å². The highest BCUT2D eigenvalue weighted by Crippen LogP contribution is 2.41. The van der Waals surface area contributed by atoms with Gasteiger partial charge in [-0.1, -0.05) is 13.8 Å². The van der Waals surface area contributed by atoms with Crippen LogP contribution in [-0.4, -0.2) is 30.8 Å². The lowest BCUT2D eigenvalue weighted by Gasteiger charge is -2.25. The summed E-state index contributed by atoms with van der Waals surface area (Å²) < 4.78 is 78.2. The summed E-state index contributed by atoms with van der Waals surface area (Å²) in [5.74, 6) is -11.7. The van der Waals surface area contributed by atoms with Crippen molar-refractivity contribution < 1.29 is 35.9 Å². The summed E-state index contributed by atoms with van der Waals surface area (Å²) in [6.45, 7) is 2.08. The number of esters is 1. The van der Waals surface area contributed by atoms with Crippen LogP contribution < -0.4 is 0 Å². The average molecular weight is 280 g/mol. The van der Waals surface area contributed by atoms with Crippen LogP contribution in [0.3, 0.4) is 0 Å². The lowest BCUT2D eigenvalue weighted by Crippen LogP contribution is -2.47. The normalized spacial score (nSPS) is 14.7. The van der Waals surface area contributed by atoms with Crippen molar-refractivity contribution in [1.29, 1.82) is 0 Å². The highest BCUT2D eigenvalue weighted by atomic mass is 19.3. The standard InChI is InChI=1S/C10H14F6O2/c1-3-6(2)7(17)18-5-4-9(13,14)10(15,16)8(11)12/h6,8H,3-5H2,1-2H3. The van der Waals surface area contributed by atoms with Crippen molar-refractivity contribution in [2.75, 3.05) is 6.61 Å². The molecule has 1 atom stereocenters. The second kappa shape index (κ2) is 6.29. The van der Waals surface area contributed by atoms with Crippen LogP contribution in [0.2, 0.25) is 0 Å². The van der Waals surface area contributed by atoms with Gasteiger partial charge in [-0.2, -0.15) is 17.6 Å². The van der Waals surface area contributed by atoms with Gasteiger partial charge in [0.25, 0.3) is 0 Å². The van der Waals surface area contributed by atoms with E-state index in [1.54, 1.807) is 6.92 Å². The lowest BCUT2D eigenvalue weighted by atomic mass is 10.1. The third-order valence-electron chi connectivity index (χ3n) is 2.44. The minimum atomic E-state index is -5.43. The molecule has 2 nitrogen and oxygen atoms in total. The molecule has 0 aromatic carbocycles. The van der Waals surface area contributed by atoms with Crippen LogP contribution in [0.4, 0.5) is 26.3 Å². The maximum absolute atomic E-state index is 12.8. The molecule has 0 radical (unpaired) electrons. The number of hydrogen-bond acceptors (Lipinski definition) is 2.